The average molecular weight is 418 g/mol. The Hall–Kier alpha value is -4.13. The van der Waals surface area contributed by atoms with Crippen molar-refractivity contribution in [3.05, 3.63) is 89.4 Å². The molecule has 3 aromatic rings. The molecule has 1 amide bonds. The van der Waals surface area contributed by atoms with Gasteiger partial charge in [-0.25, -0.2) is 10.2 Å². The van der Waals surface area contributed by atoms with E-state index in [4.69, 9.17) is 13.9 Å². The molecule has 158 valence electrons. The van der Waals surface area contributed by atoms with Crippen molar-refractivity contribution < 1.29 is 23.5 Å². The Kier molecular flexibility index (Phi) is 7.37. The number of nitrogens with zero attached hydrogens (tertiary/aromatic N) is 1. The number of furan rings is 1. The van der Waals surface area contributed by atoms with E-state index >= 15 is 0 Å². The number of aryl methyl sites for hydroxylation is 2. The minimum absolute atomic E-state index is 0.152. The van der Waals surface area contributed by atoms with Gasteiger partial charge in [0.2, 0.25) is 0 Å². The molecule has 0 aliphatic heterocycles. The Bertz CT molecular complexity index is 1100. The summed E-state index contributed by atoms with van der Waals surface area (Å²) in [5.74, 6) is 0.627. The van der Waals surface area contributed by atoms with Crippen molar-refractivity contribution in [2.75, 3.05) is 6.61 Å². The molecule has 0 unspecified atom stereocenters. The van der Waals surface area contributed by atoms with Crippen molar-refractivity contribution >= 4 is 24.2 Å². The Morgan fingerprint density at radius 1 is 1.10 bits per heavy atom. The lowest BCUT2D eigenvalue weighted by molar-refractivity contribution is -0.129. The van der Waals surface area contributed by atoms with Gasteiger partial charge in [0, 0.05) is 6.08 Å². The zero-order valence-corrected chi connectivity index (χ0v) is 17.2. The molecule has 0 fully saturated rings. The third-order valence-corrected chi connectivity index (χ3v) is 4.10. The number of benzene rings is 2. The molecule has 1 aromatic heterocycles. The van der Waals surface area contributed by atoms with E-state index in [0.717, 1.165) is 11.1 Å². The molecular weight excluding hydrogens is 396 g/mol. The summed E-state index contributed by atoms with van der Waals surface area (Å²) in [6.45, 7) is 3.76. The van der Waals surface area contributed by atoms with Crippen LogP contribution in [0.2, 0.25) is 0 Å². The van der Waals surface area contributed by atoms with Gasteiger partial charge >= 0.3 is 5.97 Å². The first kappa shape index (κ1) is 21.6. The van der Waals surface area contributed by atoms with Crippen LogP contribution >= 0.6 is 0 Å². The number of hydrogen-bond donors (Lipinski definition) is 1. The maximum atomic E-state index is 11.9. The van der Waals surface area contributed by atoms with Gasteiger partial charge in [0.15, 0.2) is 6.61 Å². The molecule has 1 heterocycles. The fraction of sp³-hybridized carbons (Fsp3) is 0.125. The standard InChI is InChI=1S/C24H22N2O5/c1-17-8-10-22(18(2)13-17)30-16-23(27)26-25-15-19-5-3-6-21(14-19)31-24(28)11-9-20-7-4-12-29-20/h3-15H,16H2,1-2H3,(H,26,27)/b11-9+,25-15-. The number of ether oxygens (including phenoxy) is 2. The van der Waals surface area contributed by atoms with E-state index in [2.05, 4.69) is 10.5 Å². The fourth-order valence-electron chi connectivity index (χ4n) is 2.66. The molecule has 3 rings (SSSR count). The second kappa shape index (κ2) is 10.6. The lowest BCUT2D eigenvalue weighted by Crippen LogP contribution is -2.24. The number of hydrazone groups is 1. The Labute approximate surface area is 180 Å². The van der Waals surface area contributed by atoms with E-state index in [0.29, 0.717) is 22.8 Å². The number of nitrogens with one attached hydrogen (secondary N) is 1. The molecule has 31 heavy (non-hydrogen) atoms. The number of carbonyl (C=O) groups is 2. The van der Waals surface area contributed by atoms with Crippen molar-refractivity contribution in [1.29, 1.82) is 0 Å². The third kappa shape index (κ3) is 7.01. The molecule has 0 radical (unpaired) electrons. The van der Waals surface area contributed by atoms with Gasteiger partial charge in [-0.05, 0) is 61.4 Å². The summed E-state index contributed by atoms with van der Waals surface area (Å²) in [7, 11) is 0. The molecule has 0 saturated carbocycles. The van der Waals surface area contributed by atoms with E-state index in [1.807, 2.05) is 32.0 Å². The summed E-state index contributed by atoms with van der Waals surface area (Å²) < 4.78 is 15.9. The van der Waals surface area contributed by atoms with E-state index in [1.165, 1.54) is 24.6 Å². The van der Waals surface area contributed by atoms with Crippen LogP contribution in [0.1, 0.15) is 22.5 Å². The van der Waals surface area contributed by atoms with Gasteiger partial charge in [-0.3, -0.25) is 4.79 Å². The second-order valence-corrected chi connectivity index (χ2v) is 6.69. The van der Waals surface area contributed by atoms with Crippen molar-refractivity contribution in [3.8, 4) is 11.5 Å². The van der Waals surface area contributed by atoms with Gasteiger partial charge in [-0.1, -0.05) is 29.8 Å². The van der Waals surface area contributed by atoms with Crippen LogP contribution in [0.3, 0.4) is 0 Å². The molecule has 0 bridgehead atoms. The third-order valence-electron chi connectivity index (χ3n) is 4.10. The summed E-state index contributed by atoms with van der Waals surface area (Å²) in [6, 6.07) is 15.9. The van der Waals surface area contributed by atoms with Crippen LogP contribution in [-0.2, 0) is 9.59 Å². The quantitative estimate of drug-likeness (QED) is 0.196. The highest BCUT2D eigenvalue weighted by Crippen LogP contribution is 2.18. The van der Waals surface area contributed by atoms with Crippen LogP contribution in [-0.4, -0.2) is 24.7 Å². The smallest absolute Gasteiger partial charge is 0.336 e. The first-order valence-electron chi connectivity index (χ1n) is 9.55. The summed E-state index contributed by atoms with van der Waals surface area (Å²) >= 11 is 0. The highest BCUT2D eigenvalue weighted by Gasteiger charge is 2.05. The van der Waals surface area contributed by atoms with Gasteiger partial charge in [0.05, 0.1) is 12.5 Å². The maximum Gasteiger partial charge on any atom is 0.336 e. The lowest BCUT2D eigenvalue weighted by atomic mass is 10.1. The average Bonchev–Trinajstić information content (AvgIpc) is 3.26. The largest absolute Gasteiger partial charge is 0.483 e. The number of hydrogen-bond acceptors (Lipinski definition) is 6. The first-order chi connectivity index (χ1) is 15.0. The fourth-order valence-corrected chi connectivity index (χ4v) is 2.66. The summed E-state index contributed by atoms with van der Waals surface area (Å²) in [5, 5.41) is 3.91. The highest BCUT2D eigenvalue weighted by atomic mass is 16.5. The molecule has 0 saturated heterocycles. The normalized spacial score (nSPS) is 11.0. The molecule has 0 aliphatic carbocycles. The molecule has 0 spiro atoms. The Balaban J connectivity index is 1.48. The van der Waals surface area contributed by atoms with Gasteiger partial charge < -0.3 is 13.9 Å². The minimum Gasteiger partial charge on any atom is -0.483 e. The molecular formula is C24H22N2O5. The monoisotopic (exact) mass is 418 g/mol. The molecule has 0 aliphatic rings. The summed E-state index contributed by atoms with van der Waals surface area (Å²) in [5.41, 5.74) is 5.14. The number of carbonyl (C=O) groups excluding carboxylic acids is 2. The predicted octanol–water partition coefficient (Wildman–Crippen LogP) is 4.04. The van der Waals surface area contributed by atoms with Crippen LogP contribution in [0.4, 0.5) is 0 Å². The van der Waals surface area contributed by atoms with Crippen LogP contribution in [0.25, 0.3) is 6.08 Å². The van der Waals surface area contributed by atoms with Gasteiger partial charge in [-0.2, -0.15) is 5.10 Å². The van der Waals surface area contributed by atoms with Crippen LogP contribution in [0, 0.1) is 13.8 Å². The van der Waals surface area contributed by atoms with Gasteiger partial charge in [-0.15, -0.1) is 0 Å². The molecule has 2 aromatic carbocycles. The Morgan fingerprint density at radius 2 is 1.97 bits per heavy atom. The van der Waals surface area contributed by atoms with Crippen LogP contribution in [0.15, 0.2) is 76.5 Å². The minimum atomic E-state index is -0.540. The second-order valence-electron chi connectivity index (χ2n) is 6.69. The van der Waals surface area contributed by atoms with Gasteiger partial charge in [0.25, 0.3) is 5.91 Å². The Morgan fingerprint density at radius 3 is 2.74 bits per heavy atom. The number of rotatable bonds is 8. The predicted molar refractivity (Wildman–Crippen MR) is 117 cm³/mol. The number of esters is 1. The molecule has 7 nitrogen and oxygen atoms in total. The first-order valence-corrected chi connectivity index (χ1v) is 9.55. The summed E-state index contributed by atoms with van der Waals surface area (Å²) in [4.78, 5) is 23.8. The van der Waals surface area contributed by atoms with Crippen molar-refractivity contribution in [2.24, 2.45) is 5.10 Å². The van der Waals surface area contributed by atoms with E-state index < -0.39 is 5.97 Å². The van der Waals surface area contributed by atoms with Crippen LogP contribution in [0.5, 0.6) is 11.5 Å². The van der Waals surface area contributed by atoms with E-state index in [-0.39, 0.29) is 12.5 Å². The van der Waals surface area contributed by atoms with Crippen LogP contribution < -0.4 is 14.9 Å². The highest BCUT2D eigenvalue weighted by molar-refractivity contribution is 5.89. The summed E-state index contributed by atoms with van der Waals surface area (Å²) in [6.07, 6.45) is 5.76. The van der Waals surface area contributed by atoms with Crippen molar-refractivity contribution in [1.82, 2.24) is 5.43 Å². The van der Waals surface area contributed by atoms with Crippen molar-refractivity contribution in [2.45, 2.75) is 13.8 Å². The van der Waals surface area contributed by atoms with E-state index in [9.17, 15) is 9.59 Å². The molecule has 1 N–H and O–H groups in total. The SMILES string of the molecule is Cc1ccc(OCC(=O)N/N=C\c2cccc(OC(=O)/C=C/c3ccco3)c2)c(C)c1. The molecule has 7 heteroatoms. The molecule has 0 atom stereocenters. The number of amides is 1. The lowest BCUT2D eigenvalue weighted by Gasteiger charge is -2.08. The van der Waals surface area contributed by atoms with E-state index in [1.54, 1.807) is 36.4 Å². The zero-order chi connectivity index (χ0) is 22.1. The maximum absolute atomic E-state index is 11.9. The zero-order valence-electron chi connectivity index (χ0n) is 17.2. The van der Waals surface area contributed by atoms with Gasteiger partial charge in [0.1, 0.15) is 17.3 Å². The topological polar surface area (TPSA) is 90.1 Å². The van der Waals surface area contributed by atoms with Crippen molar-refractivity contribution in [3.63, 3.8) is 0 Å².